The van der Waals surface area contributed by atoms with Gasteiger partial charge < -0.3 is 30.3 Å². The number of aliphatic hydroxyl groups is 5. The molecule has 1 aliphatic heterocycles. The molecule has 0 spiro atoms. The first-order valence-electron chi connectivity index (χ1n) is 9.93. The molecule has 5 N–H and O–H groups in total. The molecule has 7 atom stereocenters. The molecule has 0 aromatic heterocycles. The molecule has 1 aliphatic carbocycles. The van der Waals surface area contributed by atoms with Gasteiger partial charge in [-0.25, -0.2) is 4.39 Å². The molecule has 0 bridgehead atoms. The third-order valence-electron chi connectivity index (χ3n) is 6.52. The average molecular weight is 458 g/mol. The van der Waals surface area contributed by atoms with Gasteiger partial charge in [0, 0.05) is 0 Å². The summed E-state index contributed by atoms with van der Waals surface area (Å²) in [6.07, 6.45) is -10.0. The third kappa shape index (κ3) is 3.42. The van der Waals surface area contributed by atoms with Gasteiger partial charge in [-0.15, -0.1) is 0 Å². The van der Waals surface area contributed by atoms with Crippen molar-refractivity contribution in [3.05, 3.63) is 58.9 Å². The summed E-state index contributed by atoms with van der Waals surface area (Å²) in [7, 11) is 0. The van der Waals surface area contributed by atoms with Crippen LogP contribution in [0.25, 0.3) is 11.1 Å². The molecule has 1 heterocycles. The molecule has 10 heteroatoms. The fourth-order valence-corrected chi connectivity index (χ4v) is 4.79. The molecule has 174 valence electrons. The molecule has 32 heavy (non-hydrogen) atoms. The Morgan fingerprint density at radius 3 is 2.25 bits per heavy atom. The molecular weight excluding hydrogens is 436 g/mol. The minimum atomic E-state index is -4.80. The number of hydrogen-bond acceptors (Lipinski definition) is 6. The topological polar surface area (TPSA) is 110 Å². The Morgan fingerprint density at radius 1 is 1.06 bits per heavy atom. The standard InChI is InChI=1S/C22H22F4O6/c1-9-6-10(11-3-5-13(15(23)7-11)22(24,25)26)2-4-12(9)17(28)20-16-19(30)18(29)14(8-27)21(16,31)32-20/h2-7,14,16-20,27-31H,8H2,1H3/t14?,16?,17-,18-,19?,20+,21?/m1/s1. The highest BCUT2D eigenvalue weighted by Gasteiger charge is 2.71. The normalized spacial score (nSPS) is 33.0. The van der Waals surface area contributed by atoms with Gasteiger partial charge in [0.2, 0.25) is 0 Å². The van der Waals surface area contributed by atoms with Gasteiger partial charge in [0.05, 0.1) is 36.2 Å². The molecule has 2 fully saturated rings. The Morgan fingerprint density at radius 2 is 1.69 bits per heavy atom. The zero-order chi connectivity index (χ0) is 23.6. The number of ether oxygens (including phenoxy) is 1. The number of rotatable bonds is 4. The molecule has 4 rings (SSSR count). The van der Waals surface area contributed by atoms with E-state index < -0.39 is 66.2 Å². The van der Waals surface area contributed by atoms with E-state index in [-0.39, 0.29) is 5.56 Å². The van der Waals surface area contributed by atoms with Crippen LogP contribution in [0.5, 0.6) is 0 Å². The van der Waals surface area contributed by atoms with Crippen molar-refractivity contribution < 1.29 is 47.8 Å². The molecule has 1 saturated heterocycles. The van der Waals surface area contributed by atoms with Gasteiger partial charge in [-0.05, 0) is 41.3 Å². The van der Waals surface area contributed by atoms with E-state index in [0.717, 1.165) is 12.1 Å². The molecule has 2 aliphatic rings. The maximum Gasteiger partial charge on any atom is 0.419 e. The fraction of sp³-hybridized carbons (Fsp3) is 0.455. The first-order valence-corrected chi connectivity index (χ1v) is 9.93. The van der Waals surface area contributed by atoms with Crippen molar-refractivity contribution in [3.8, 4) is 11.1 Å². The maximum atomic E-state index is 13.9. The van der Waals surface area contributed by atoms with Crippen LogP contribution in [-0.2, 0) is 10.9 Å². The van der Waals surface area contributed by atoms with Crippen LogP contribution in [0.15, 0.2) is 36.4 Å². The highest BCUT2D eigenvalue weighted by Crippen LogP contribution is 2.55. The first kappa shape index (κ1) is 23.1. The van der Waals surface area contributed by atoms with E-state index in [9.17, 15) is 43.1 Å². The van der Waals surface area contributed by atoms with Gasteiger partial charge in [-0.1, -0.05) is 24.3 Å². The van der Waals surface area contributed by atoms with Crippen LogP contribution < -0.4 is 0 Å². The van der Waals surface area contributed by atoms with E-state index in [1.807, 2.05) is 0 Å². The molecule has 0 amide bonds. The lowest BCUT2D eigenvalue weighted by atomic mass is 9.79. The highest BCUT2D eigenvalue weighted by molar-refractivity contribution is 5.65. The number of aliphatic hydroxyl groups excluding tert-OH is 4. The molecular formula is C22H22F4O6. The first-order chi connectivity index (χ1) is 14.9. The average Bonchev–Trinajstić information content (AvgIpc) is 2.83. The van der Waals surface area contributed by atoms with Crippen molar-refractivity contribution in [2.24, 2.45) is 11.8 Å². The van der Waals surface area contributed by atoms with E-state index >= 15 is 0 Å². The molecule has 2 aromatic rings. The van der Waals surface area contributed by atoms with Crippen molar-refractivity contribution in [1.82, 2.24) is 0 Å². The molecule has 4 unspecified atom stereocenters. The number of alkyl halides is 3. The largest absolute Gasteiger partial charge is 0.419 e. The third-order valence-corrected chi connectivity index (χ3v) is 6.52. The van der Waals surface area contributed by atoms with Crippen LogP contribution in [0.2, 0.25) is 0 Å². The van der Waals surface area contributed by atoms with Gasteiger partial charge in [0.1, 0.15) is 18.0 Å². The number of benzene rings is 2. The Kier molecular flexibility index (Phi) is 5.60. The summed E-state index contributed by atoms with van der Waals surface area (Å²) in [6.45, 7) is 1.01. The Balaban J connectivity index is 1.58. The quantitative estimate of drug-likeness (QED) is 0.448. The number of halogens is 4. The summed E-state index contributed by atoms with van der Waals surface area (Å²) < 4.78 is 57.7. The highest BCUT2D eigenvalue weighted by atomic mass is 19.4. The minimum Gasteiger partial charge on any atom is -0.396 e. The van der Waals surface area contributed by atoms with Crippen LogP contribution in [0, 0.1) is 24.6 Å². The zero-order valence-electron chi connectivity index (χ0n) is 16.8. The predicted molar refractivity (Wildman–Crippen MR) is 102 cm³/mol. The Bertz CT molecular complexity index is 1030. The lowest BCUT2D eigenvalue weighted by Crippen LogP contribution is -2.64. The van der Waals surface area contributed by atoms with E-state index in [1.165, 1.54) is 12.1 Å². The van der Waals surface area contributed by atoms with Gasteiger partial charge >= 0.3 is 6.18 Å². The van der Waals surface area contributed by atoms with E-state index in [4.69, 9.17) is 4.74 Å². The van der Waals surface area contributed by atoms with Crippen LogP contribution in [0.1, 0.15) is 22.8 Å². The summed E-state index contributed by atoms with van der Waals surface area (Å²) in [4.78, 5) is 0. The van der Waals surface area contributed by atoms with Gasteiger partial charge in [-0.2, -0.15) is 13.2 Å². The van der Waals surface area contributed by atoms with E-state index in [0.29, 0.717) is 22.8 Å². The molecule has 6 nitrogen and oxygen atoms in total. The lowest BCUT2D eigenvalue weighted by molar-refractivity contribution is -0.396. The number of aryl methyl sites for hydroxylation is 1. The van der Waals surface area contributed by atoms with Gasteiger partial charge in [0.25, 0.3) is 0 Å². The fourth-order valence-electron chi connectivity index (χ4n) is 4.79. The summed E-state index contributed by atoms with van der Waals surface area (Å²) >= 11 is 0. The number of fused-ring (bicyclic) bond motifs is 1. The molecule has 0 radical (unpaired) electrons. The number of hydrogen-bond donors (Lipinski definition) is 5. The van der Waals surface area contributed by atoms with Crippen molar-refractivity contribution in [2.45, 2.75) is 43.3 Å². The van der Waals surface area contributed by atoms with Crippen molar-refractivity contribution >= 4 is 0 Å². The second-order valence-corrected chi connectivity index (χ2v) is 8.34. The minimum absolute atomic E-state index is 0.217. The van der Waals surface area contributed by atoms with Gasteiger partial charge in [-0.3, -0.25) is 0 Å². The summed E-state index contributed by atoms with van der Waals surface area (Å²) in [6, 6.07) is 7.14. The van der Waals surface area contributed by atoms with Crippen LogP contribution >= 0.6 is 0 Å². The zero-order valence-corrected chi connectivity index (χ0v) is 16.8. The van der Waals surface area contributed by atoms with Crippen molar-refractivity contribution in [1.29, 1.82) is 0 Å². The van der Waals surface area contributed by atoms with Crippen LogP contribution in [0.4, 0.5) is 17.6 Å². The van der Waals surface area contributed by atoms with Crippen molar-refractivity contribution in [3.63, 3.8) is 0 Å². The summed E-state index contributed by atoms with van der Waals surface area (Å²) in [5.74, 6) is -5.52. The predicted octanol–water partition coefficient (Wildman–Crippen LogP) is 1.90. The second-order valence-electron chi connectivity index (χ2n) is 8.34. The Hall–Kier alpha value is -2.08. The van der Waals surface area contributed by atoms with Crippen molar-refractivity contribution in [2.75, 3.05) is 6.61 Å². The van der Waals surface area contributed by atoms with Gasteiger partial charge in [0.15, 0.2) is 5.79 Å². The summed E-state index contributed by atoms with van der Waals surface area (Å²) in [5.41, 5.74) is 0.157. The summed E-state index contributed by atoms with van der Waals surface area (Å²) in [5, 5.41) is 51.1. The maximum absolute atomic E-state index is 13.9. The van der Waals surface area contributed by atoms with Crippen LogP contribution in [0.3, 0.4) is 0 Å². The lowest BCUT2D eigenvalue weighted by Gasteiger charge is -2.51. The Labute approximate surface area is 180 Å². The monoisotopic (exact) mass is 458 g/mol. The van der Waals surface area contributed by atoms with E-state index in [1.54, 1.807) is 13.0 Å². The smallest absolute Gasteiger partial charge is 0.396 e. The van der Waals surface area contributed by atoms with Crippen LogP contribution in [-0.4, -0.2) is 56.2 Å². The van der Waals surface area contributed by atoms with E-state index in [2.05, 4.69) is 0 Å². The SMILES string of the molecule is Cc1cc(-c2ccc(C(F)(F)F)c(F)c2)ccc1[C@@H](O)[C@H]1OC2(O)C(CO)[C@@H](O)C(O)C12. The molecule has 2 aromatic carbocycles. The molecule has 1 saturated carbocycles. The second kappa shape index (κ2) is 7.75.